The summed E-state index contributed by atoms with van der Waals surface area (Å²) in [6.07, 6.45) is 1.42. The number of aryl methyl sites for hydroxylation is 1. The van der Waals surface area contributed by atoms with Crippen molar-refractivity contribution >= 4 is 5.78 Å². The van der Waals surface area contributed by atoms with Gasteiger partial charge < -0.3 is 10.5 Å². The van der Waals surface area contributed by atoms with Crippen LogP contribution in [0.4, 0.5) is 0 Å². The highest BCUT2D eigenvalue weighted by Gasteiger charge is 2.00. The second-order valence-electron chi connectivity index (χ2n) is 3.17. The Hall–Kier alpha value is -1.15. The summed E-state index contributed by atoms with van der Waals surface area (Å²) in [5.74, 6) is 0.229. The highest BCUT2D eigenvalue weighted by atomic mass is 16.1. The van der Waals surface area contributed by atoms with Crippen LogP contribution in [0, 0.1) is 0 Å². The van der Waals surface area contributed by atoms with Crippen LogP contribution in [0.2, 0.25) is 0 Å². The van der Waals surface area contributed by atoms with Crippen LogP contribution in [-0.2, 0) is 17.8 Å². The molecule has 13 heavy (non-hydrogen) atoms. The van der Waals surface area contributed by atoms with Crippen LogP contribution in [0.1, 0.15) is 24.5 Å². The van der Waals surface area contributed by atoms with E-state index in [1.807, 2.05) is 24.3 Å². The predicted molar refractivity (Wildman–Crippen MR) is 53.3 cm³/mol. The molecule has 0 aliphatic carbocycles. The van der Waals surface area contributed by atoms with Gasteiger partial charge in [-0.25, -0.2) is 0 Å². The van der Waals surface area contributed by atoms with Crippen molar-refractivity contribution in [3.63, 3.8) is 0 Å². The lowest BCUT2D eigenvalue weighted by molar-refractivity contribution is -0.116. The van der Waals surface area contributed by atoms with E-state index in [0.717, 1.165) is 12.0 Å². The van der Waals surface area contributed by atoms with Gasteiger partial charge in [0.2, 0.25) is 0 Å². The summed E-state index contributed by atoms with van der Waals surface area (Å²) in [5, 5.41) is 0. The molecule has 0 saturated heterocycles. The zero-order valence-electron chi connectivity index (χ0n) is 7.92. The van der Waals surface area contributed by atoms with Gasteiger partial charge in [0.15, 0.2) is 0 Å². The van der Waals surface area contributed by atoms with Gasteiger partial charge in [0, 0.05) is 13.0 Å². The molecule has 1 aromatic rings. The summed E-state index contributed by atoms with van der Waals surface area (Å²) in [4.78, 5) is 10.8. The van der Waals surface area contributed by atoms with Crippen molar-refractivity contribution in [2.45, 2.75) is 26.3 Å². The van der Waals surface area contributed by atoms with Gasteiger partial charge in [-0.2, -0.15) is 0 Å². The first-order valence-electron chi connectivity index (χ1n) is 4.50. The van der Waals surface area contributed by atoms with Crippen LogP contribution in [-0.4, -0.2) is 5.78 Å². The molecule has 2 heteroatoms. The second-order valence-corrected chi connectivity index (χ2v) is 3.17. The lowest BCUT2D eigenvalue weighted by Crippen LogP contribution is -2.03. The first-order chi connectivity index (χ1) is 6.24. The number of Topliss-reactive ketones (excluding diaryl/α,β-unsaturated/α-hetero) is 1. The largest absolute Gasteiger partial charge is 0.326 e. The van der Waals surface area contributed by atoms with Gasteiger partial charge in [-0.1, -0.05) is 24.3 Å². The molecule has 1 aromatic carbocycles. The Balaban J connectivity index is 2.69. The summed E-state index contributed by atoms with van der Waals surface area (Å²) < 4.78 is 0. The second kappa shape index (κ2) is 4.77. The highest BCUT2D eigenvalue weighted by Crippen LogP contribution is 2.10. The Labute approximate surface area is 78.8 Å². The molecule has 0 atom stereocenters. The van der Waals surface area contributed by atoms with E-state index < -0.39 is 0 Å². The van der Waals surface area contributed by atoms with E-state index in [0.29, 0.717) is 13.0 Å². The fourth-order valence-corrected chi connectivity index (χ4v) is 1.31. The Morgan fingerprint density at radius 1 is 1.31 bits per heavy atom. The van der Waals surface area contributed by atoms with E-state index in [1.54, 1.807) is 6.92 Å². The summed E-state index contributed by atoms with van der Waals surface area (Å²) in [6.45, 7) is 2.17. The number of ketones is 1. The Morgan fingerprint density at radius 2 is 1.92 bits per heavy atom. The fraction of sp³-hybridized carbons (Fsp3) is 0.364. The molecule has 0 bridgehead atoms. The van der Waals surface area contributed by atoms with E-state index in [-0.39, 0.29) is 5.78 Å². The first kappa shape index (κ1) is 9.93. The minimum absolute atomic E-state index is 0.229. The van der Waals surface area contributed by atoms with Gasteiger partial charge in [-0.05, 0) is 24.5 Å². The van der Waals surface area contributed by atoms with Crippen molar-refractivity contribution in [1.82, 2.24) is 0 Å². The highest BCUT2D eigenvalue weighted by molar-refractivity contribution is 5.75. The number of nitrogens with two attached hydrogens (primary N) is 1. The number of rotatable bonds is 4. The summed E-state index contributed by atoms with van der Waals surface area (Å²) in [6, 6.07) is 7.99. The molecular weight excluding hydrogens is 162 g/mol. The number of hydrogen-bond donors (Lipinski definition) is 1. The third-order valence-electron chi connectivity index (χ3n) is 2.08. The topological polar surface area (TPSA) is 43.1 Å². The Kier molecular flexibility index (Phi) is 3.65. The van der Waals surface area contributed by atoms with Crippen LogP contribution in [0.25, 0.3) is 0 Å². The lowest BCUT2D eigenvalue weighted by atomic mass is 10.0. The van der Waals surface area contributed by atoms with Crippen molar-refractivity contribution in [1.29, 1.82) is 0 Å². The molecule has 70 valence electrons. The average Bonchev–Trinajstić information content (AvgIpc) is 2.15. The molecule has 1 rings (SSSR count). The molecule has 0 spiro atoms. The van der Waals surface area contributed by atoms with Crippen LogP contribution < -0.4 is 5.73 Å². The van der Waals surface area contributed by atoms with Gasteiger partial charge in [-0.3, -0.25) is 0 Å². The molecule has 2 nitrogen and oxygen atoms in total. The van der Waals surface area contributed by atoms with Crippen molar-refractivity contribution in [2.75, 3.05) is 0 Å². The molecule has 2 N–H and O–H groups in total. The molecule has 0 heterocycles. The number of hydrogen-bond acceptors (Lipinski definition) is 2. The Morgan fingerprint density at radius 3 is 2.46 bits per heavy atom. The molecule has 0 fully saturated rings. The third kappa shape index (κ3) is 2.99. The maximum Gasteiger partial charge on any atom is 0.130 e. The van der Waals surface area contributed by atoms with Gasteiger partial charge in [0.25, 0.3) is 0 Å². The molecular formula is C11H15NO. The van der Waals surface area contributed by atoms with Crippen molar-refractivity contribution < 1.29 is 4.79 Å². The number of carbonyl (C=O) groups excluding carboxylic acids is 1. The molecule has 0 aliphatic heterocycles. The van der Waals surface area contributed by atoms with Gasteiger partial charge in [0.05, 0.1) is 0 Å². The van der Waals surface area contributed by atoms with Crippen LogP contribution in [0.15, 0.2) is 24.3 Å². The number of carbonyl (C=O) groups is 1. The SMILES string of the molecule is CC(=O)CCc1ccccc1CN. The third-order valence-corrected chi connectivity index (χ3v) is 2.08. The van der Waals surface area contributed by atoms with Gasteiger partial charge in [0.1, 0.15) is 5.78 Å². The normalized spacial score (nSPS) is 10.0. The van der Waals surface area contributed by atoms with Gasteiger partial charge >= 0.3 is 0 Å². The number of benzene rings is 1. The van der Waals surface area contributed by atoms with Gasteiger partial charge in [-0.15, -0.1) is 0 Å². The Bertz CT molecular complexity index is 294. The van der Waals surface area contributed by atoms with E-state index >= 15 is 0 Å². The molecule has 0 unspecified atom stereocenters. The maximum atomic E-state index is 10.8. The van der Waals surface area contributed by atoms with Crippen molar-refractivity contribution in [3.05, 3.63) is 35.4 Å². The zero-order chi connectivity index (χ0) is 9.68. The monoisotopic (exact) mass is 177 g/mol. The van der Waals surface area contributed by atoms with E-state index in [4.69, 9.17) is 5.73 Å². The minimum atomic E-state index is 0.229. The maximum absolute atomic E-state index is 10.8. The standard InChI is InChI=1S/C11H15NO/c1-9(13)6-7-10-4-2-3-5-11(10)8-12/h2-5H,6-8,12H2,1H3. The molecule has 0 radical (unpaired) electrons. The molecule has 0 saturated carbocycles. The van der Waals surface area contributed by atoms with Crippen LogP contribution >= 0.6 is 0 Å². The van der Waals surface area contributed by atoms with Crippen molar-refractivity contribution in [2.24, 2.45) is 5.73 Å². The quantitative estimate of drug-likeness (QED) is 0.760. The summed E-state index contributed by atoms with van der Waals surface area (Å²) >= 11 is 0. The summed E-state index contributed by atoms with van der Waals surface area (Å²) in [7, 11) is 0. The summed E-state index contributed by atoms with van der Waals surface area (Å²) in [5.41, 5.74) is 7.91. The van der Waals surface area contributed by atoms with E-state index in [9.17, 15) is 4.79 Å². The van der Waals surface area contributed by atoms with Crippen LogP contribution in [0.3, 0.4) is 0 Å². The van der Waals surface area contributed by atoms with E-state index in [1.165, 1.54) is 5.56 Å². The average molecular weight is 177 g/mol. The molecule has 0 aliphatic rings. The fourth-order valence-electron chi connectivity index (χ4n) is 1.31. The first-order valence-corrected chi connectivity index (χ1v) is 4.50. The van der Waals surface area contributed by atoms with Crippen molar-refractivity contribution in [3.8, 4) is 0 Å². The lowest BCUT2D eigenvalue weighted by Gasteiger charge is -2.05. The zero-order valence-corrected chi connectivity index (χ0v) is 7.92. The predicted octanol–water partition coefficient (Wildman–Crippen LogP) is 1.67. The minimum Gasteiger partial charge on any atom is -0.326 e. The molecule has 0 aromatic heterocycles. The van der Waals surface area contributed by atoms with E-state index in [2.05, 4.69) is 0 Å². The smallest absolute Gasteiger partial charge is 0.130 e. The molecule has 0 amide bonds. The van der Waals surface area contributed by atoms with Crippen LogP contribution in [0.5, 0.6) is 0 Å².